The van der Waals surface area contributed by atoms with E-state index in [1.807, 2.05) is 21.0 Å². The molecule has 0 aliphatic rings. The number of nitrogens with zero attached hydrogens (tertiary/aromatic N) is 4. The van der Waals surface area contributed by atoms with Crippen molar-refractivity contribution in [3.05, 3.63) is 0 Å². The zero-order valence-corrected chi connectivity index (χ0v) is 9.19. The van der Waals surface area contributed by atoms with Crippen molar-refractivity contribution in [2.45, 2.75) is 13.3 Å². The Kier molecular flexibility index (Phi) is 4.04. The van der Waals surface area contributed by atoms with Crippen LogP contribution in [-0.4, -0.2) is 35.7 Å². The molecule has 0 atom stereocenters. The fourth-order valence-corrected chi connectivity index (χ4v) is 0.868. The maximum Gasteiger partial charge on any atom is 0.323 e. The average molecular weight is 212 g/mol. The second kappa shape index (κ2) is 5.30. The molecule has 15 heavy (non-hydrogen) atoms. The first-order valence-electron chi connectivity index (χ1n) is 4.70. The third kappa shape index (κ3) is 3.21. The standard InChI is InChI=1S/C8H16N6O/c1-4-5-15-8-11-6(13-9)10-7(12-8)14(2)3/h4-5,9H2,1-3H3,(H,10,11,12,13). The largest absolute Gasteiger partial charge is 0.463 e. The van der Waals surface area contributed by atoms with Crippen molar-refractivity contribution in [3.63, 3.8) is 0 Å². The van der Waals surface area contributed by atoms with Gasteiger partial charge in [0.25, 0.3) is 0 Å². The summed E-state index contributed by atoms with van der Waals surface area (Å²) in [7, 11) is 3.67. The lowest BCUT2D eigenvalue weighted by Crippen LogP contribution is -2.18. The highest BCUT2D eigenvalue weighted by Crippen LogP contribution is 2.12. The number of hydrazine groups is 1. The molecule has 3 N–H and O–H groups in total. The van der Waals surface area contributed by atoms with E-state index in [2.05, 4.69) is 20.4 Å². The zero-order valence-electron chi connectivity index (χ0n) is 9.19. The first-order chi connectivity index (χ1) is 7.17. The predicted octanol–water partition coefficient (Wildman–Crippen LogP) is 0.0120. The monoisotopic (exact) mass is 212 g/mol. The van der Waals surface area contributed by atoms with E-state index < -0.39 is 0 Å². The molecule has 0 aliphatic heterocycles. The van der Waals surface area contributed by atoms with Gasteiger partial charge in [-0.05, 0) is 6.42 Å². The molecule has 7 nitrogen and oxygen atoms in total. The van der Waals surface area contributed by atoms with Crippen LogP contribution in [-0.2, 0) is 0 Å². The van der Waals surface area contributed by atoms with E-state index in [0.717, 1.165) is 6.42 Å². The molecule has 0 aromatic carbocycles. The molecular formula is C8H16N6O. The van der Waals surface area contributed by atoms with Crippen LogP contribution in [0.4, 0.5) is 11.9 Å². The van der Waals surface area contributed by atoms with Crippen LogP contribution in [0.1, 0.15) is 13.3 Å². The number of nitrogen functional groups attached to an aromatic ring is 1. The molecule has 1 aromatic heterocycles. The van der Waals surface area contributed by atoms with Crippen molar-refractivity contribution in [2.24, 2.45) is 5.84 Å². The smallest absolute Gasteiger partial charge is 0.323 e. The minimum Gasteiger partial charge on any atom is -0.463 e. The maximum absolute atomic E-state index is 5.30. The van der Waals surface area contributed by atoms with E-state index in [1.54, 1.807) is 4.90 Å². The summed E-state index contributed by atoms with van der Waals surface area (Å²) in [6, 6.07) is 0.281. The molecule has 0 unspecified atom stereocenters. The highest BCUT2D eigenvalue weighted by Gasteiger charge is 2.07. The number of hydrogen-bond acceptors (Lipinski definition) is 7. The lowest BCUT2D eigenvalue weighted by Gasteiger charge is -2.12. The third-order valence-corrected chi connectivity index (χ3v) is 1.57. The fourth-order valence-electron chi connectivity index (χ4n) is 0.868. The van der Waals surface area contributed by atoms with Crippen molar-refractivity contribution in [1.82, 2.24) is 15.0 Å². The molecule has 0 bridgehead atoms. The number of hydrogen-bond donors (Lipinski definition) is 2. The van der Waals surface area contributed by atoms with E-state index in [9.17, 15) is 0 Å². The van der Waals surface area contributed by atoms with Gasteiger partial charge < -0.3 is 9.64 Å². The van der Waals surface area contributed by atoms with Crippen LogP contribution in [0.3, 0.4) is 0 Å². The third-order valence-electron chi connectivity index (χ3n) is 1.57. The van der Waals surface area contributed by atoms with Crippen LogP contribution in [0.5, 0.6) is 6.01 Å². The first kappa shape index (κ1) is 11.4. The van der Waals surface area contributed by atoms with Crippen LogP contribution >= 0.6 is 0 Å². The van der Waals surface area contributed by atoms with Gasteiger partial charge in [-0.3, -0.25) is 5.43 Å². The number of anilines is 2. The summed E-state index contributed by atoms with van der Waals surface area (Å²) in [5, 5.41) is 0. The van der Waals surface area contributed by atoms with Crippen LogP contribution in [0.2, 0.25) is 0 Å². The Balaban J connectivity index is 2.90. The summed E-state index contributed by atoms with van der Waals surface area (Å²) in [4.78, 5) is 13.9. The molecule has 84 valence electrons. The Labute approximate surface area is 88.6 Å². The Morgan fingerprint density at radius 1 is 1.33 bits per heavy atom. The molecule has 0 saturated heterocycles. The quantitative estimate of drug-likeness (QED) is 0.525. The molecule has 0 fully saturated rings. The molecule has 0 spiro atoms. The van der Waals surface area contributed by atoms with Gasteiger partial charge in [-0.25, -0.2) is 5.84 Å². The van der Waals surface area contributed by atoms with Crippen molar-refractivity contribution in [2.75, 3.05) is 31.0 Å². The number of aromatic nitrogens is 3. The molecule has 1 rings (SSSR count). The van der Waals surface area contributed by atoms with Gasteiger partial charge in [0.05, 0.1) is 6.61 Å². The highest BCUT2D eigenvalue weighted by molar-refractivity contribution is 5.35. The molecule has 1 aromatic rings. The van der Waals surface area contributed by atoms with E-state index >= 15 is 0 Å². The summed E-state index contributed by atoms with van der Waals surface area (Å²) in [5.74, 6) is 6.03. The minimum atomic E-state index is 0.281. The highest BCUT2D eigenvalue weighted by atomic mass is 16.5. The fraction of sp³-hybridized carbons (Fsp3) is 0.625. The van der Waals surface area contributed by atoms with Gasteiger partial charge in [-0.1, -0.05) is 6.92 Å². The molecule has 7 heteroatoms. The van der Waals surface area contributed by atoms with Gasteiger partial charge in [0.2, 0.25) is 11.9 Å². The molecule has 1 heterocycles. The van der Waals surface area contributed by atoms with E-state index in [0.29, 0.717) is 18.5 Å². The van der Waals surface area contributed by atoms with Gasteiger partial charge in [0.1, 0.15) is 0 Å². The molecule has 0 aliphatic carbocycles. The SMILES string of the molecule is CCCOc1nc(NN)nc(N(C)C)n1. The van der Waals surface area contributed by atoms with Crippen molar-refractivity contribution < 1.29 is 4.74 Å². The normalized spacial score (nSPS) is 9.87. The maximum atomic E-state index is 5.30. The number of nitrogens with one attached hydrogen (secondary N) is 1. The number of nitrogens with two attached hydrogens (primary N) is 1. The van der Waals surface area contributed by atoms with E-state index in [-0.39, 0.29) is 6.01 Å². The Morgan fingerprint density at radius 3 is 2.60 bits per heavy atom. The molecule has 0 saturated carbocycles. The van der Waals surface area contributed by atoms with E-state index in [4.69, 9.17) is 10.6 Å². The van der Waals surface area contributed by atoms with Crippen LogP contribution in [0.25, 0.3) is 0 Å². The second-order valence-corrected chi connectivity index (χ2v) is 3.13. The van der Waals surface area contributed by atoms with Crippen molar-refractivity contribution in [3.8, 4) is 6.01 Å². The second-order valence-electron chi connectivity index (χ2n) is 3.13. The molecule has 0 amide bonds. The lowest BCUT2D eigenvalue weighted by molar-refractivity contribution is 0.292. The summed E-state index contributed by atoms with van der Waals surface area (Å²) >= 11 is 0. The van der Waals surface area contributed by atoms with Crippen molar-refractivity contribution >= 4 is 11.9 Å². The number of rotatable bonds is 5. The lowest BCUT2D eigenvalue weighted by atomic mass is 10.5. The Morgan fingerprint density at radius 2 is 2.07 bits per heavy atom. The van der Waals surface area contributed by atoms with E-state index in [1.165, 1.54) is 0 Å². The Hall–Kier alpha value is -1.63. The number of ether oxygens (including phenoxy) is 1. The summed E-state index contributed by atoms with van der Waals surface area (Å²) in [6.07, 6.45) is 0.897. The van der Waals surface area contributed by atoms with Gasteiger partial charge in [-0.15, -0.1) is 0 Å². The summed E-state index contributed by atoms with van der Waals surface area (Å²) < 4.78 is 5.30. The molecule has 0 radical (unpaired) electrons. The molecular weight excluding hydrogens is 196 g/mol. The zero-order chi connectivity index (χ0) is 11.3. The van der Waals surface area contributed by atoms with Crippen LogP contribution in [0.15, 0.2) is 0 Å². The summed E-state index contributed by atoms with van der Waals surface area (Å²) in [5.41, 5.74) is 2.37. The van der Waals surface area contributed by atoms with Crippen LogP contribution < -0.4 is 20.9 Å². The Bertz CT molecular complexity index is 316. The van der Waals surface area contributed by atoms with Gasteiger partial charge in [0, 0.05) is 14.1 Å². The van der Waals surface area contributed by atoms with Gasteiger partial charge in [0.15, 0.2) is 0 Å². The summed E-state index contributed by atoms with van der Waals surface area (Å²) in [6.45, 7) is 2.58. The minimum absolute atomic E-state index is 0.281. The van der Waals surface area contributed by atoms with Gasteiger partial charge in [-0.2, -0.15) is 15.0 Å². The average Bonchev–Trinajstić information content (AvgIpc) is 2.25. The predicted molar refractivity (Wildman–Crippen MR) is 57.8 cm³/mol. The van der Waals surface area contributed by atoms with Gasteiger partial charge >= 0.3 is 6.01 Å². The van der Waals surface area contributed by atoms with Crippen molar-refractivity contribution in [1.29, 1.82) is 0 Å². The van der Waals surface area contributed by atoms with Crippen LogP contribution in [0, 0.1) is 0 Å². The first-order valence-corrected chi connectivity index (χ1v) is 4.70. The topological polar surface area (TPSA) is 89.2 Å².